The van der Waals surface area contributed by atoms with Gasteiger partial charge in [0.05, 0.1) is 19.2 Å². The quantitative estimate of drug-likeness (QED) is 0.868. The molecule has 0 saturated carbocycles. The number of pyridine rings is 1. The fraction of sp³-hybridized carbons (Fsp3) is 0.200. The van der Waals surface area contributed by atoms with Crippen LogP contribution in [-0.4, -0.2) is 11.7 Å². The third kappa shape index (κ3) is 2.91. The van der Waals surface area contributed by atoms with E-state index in [2.05, 4.69) is 22.0 Å². The fourth-order valence-corrected chi connectivity index (χ4v) is 2.59. The minimum atomic E-state index is -0.0393. The lowest BCUT2D eigenvalue weighted by Crippen LogP contribution is -2.22. The molecule has 0 saturated heterocycles. The standard InChI is InChI=1S/C15H13BrN2O2/c1-10-5-13(16)9-18(15(10)19)8-11-3-4-14(20-2)12(6-11)7-17/h3-6,9H,8H2,1-2H3. The first-order valence-electron chi connectivity index (χ1n) is 5.98. The van der Waals surface area contributed by atoms with Crippen LogP contribution in [0.3, 0.4) is 0 Å². The van der Waals surface area contributed by atoms with Gasteiger partial charge in [0.25, 0.3) is 5.56 Å². The molecule has 2 aromatic rings. The number of rotatable bonds is 3. The van der Waals surface area contributed by atoms with Gasteiger partial charge in [-0.1, -0.05) is 6.07 Å². The van der Waals surface area contributed by atoms with Gasteiger partial charge in [-0.2, -0.15) is 5.26 Å². The third-order valence-corrected chi connectivity index (χ3v) is 3.40. The summed E-state index contributed by atoms with van der Waals surface area (Å²) in [4.78, 5) is 12.1. The first-order chi connectivity index (χ1) is 9.55. The molecule has 0 atom stereocenters. The van der Waals surface area contributed by atoms with Gasteiger partial charge in [-0.3, -0.25) is 4.79 Å². The number of benzene rings is 1. The molecule has 0 bridgehead atoms. The topological polar surface area (TPSA) is 55.0 Å². The fourth-order valence-electron chi connectivity index (χ4n) is 1.99. The number of aryl methyl sites for hydroxylation is 1. The van der Waals surface area contributed by atoms with E-state index in [-0.39, 0.29) is 5.56 Å². The molecule has 0 N–H and O–H groups in total. The van der Waals surface area contributed by atoms with E-state index in [0.29, 0.717) is 23.4 Å². The summed E-state index contributed by atoms with van der Waals surface area (Å²) < 4.78 is 7.57. The van der Waals surface area contributed by atoms with Crippen LogP contribution in [0.25, 0.3) is 0 Å². The molecule has 0 aliphatic rings. The van der Waals surface area contributed by atoms with Crippen LogP contribution in [0.4, 0.5) is 0 Å². The minimum absolute atomic E-state index is 0.0393. The van der Waals surface area contributed by atoms with Crippen LogP contribution in [-0.2, 0) is 6.54 Å². The van der Waals surface area contributed by atoms with Gasteiger partial charge in [0.2, 0.25) is 0 Å². The number of nitrogens with zero attached hydrogens (tertiary/aromatic N) is 2. The number of halogens is 1. The predicted octanol–water partition coefficient (Wildman–Crippen LogP) is 2.85. The molecular formula is C15H13BrN2O2. The van der Waals surface area contributed by atoms with Crippen LogP contribution in [0.5, 0.6) is 5.75 Å². The highest BCUT2D eigenvalue weighted by molar-refractivity contribution is 9.10. The van der Waals surface area contributed by atoms with Gasteiger partial charge in [-0.15, -0.1) is 0 Å². The monoisotopic (exact) mass is 332 g/mol. The lowest BCUT2D eigenvalue weighted by Gasteiger charge is -2.09. The molecule has 0 radical (unpaired) electrons. The number of hydrogen-bond acceptors (Lipinski definition) is 3. The van der Waals surface area contributed by atoms with E-state index in [4.69, 9.17) is 10.00 Å². The summed E-state index contributed by atoms with van der Waals surface area (Å²) in [5.74, 6) is 0.536. The molecule has 0 aliphatic carbocycles. The SMILES string of the molecule is COc1ccc(Cn2cc(Br)cc(C)c2=O)cc1C#N. The smallest absolute Gasteiger partial charge is 0.253 e. The summed E-state index contributed by atoms with van der Waals surface area (Å²) in [5, 5.41) is 9.08. The van der Waals surface area contributed by atoms with Crippen molar-refractivity contribution in [3.8, 4) is 11.8 Å². The highest BCUT2D eigenvalue weighted by Crippen LogP contribution is 2.19. The highest BCUT2D eigenvalue weighted by Gasteiger charge is 2.06. The summed E-state index contributed by atoms with van der Waals surface area (Å²) in [5.41, 5.74) is 1.97. The van der Waals surface area contributed by atoms with E-state index in [1.54, 1.807) is 35.9 Å². The maximum atomic E-state index is 12.1. The second kappa shape index (κ2) is 5.93. The van der Waals surface area contributed by atoms with Crippen LogP contribution in [0, 0.1) is 18.3 Å². The molecule has 0 unspecified atom stereocenters. The van der Waals surface area contributed by atoms with Crippen molar-refractivity contribution < 1.29 is 4.74 Å². The van der Waals surface area contributed by atoms with Crippen molar-refractivity contribution in [1.82, 2.24) is 4.57 Å². The Morgan fingerprint density at radius 3 is 2.80 bits per heavy atom. The van der Waals surface area contributed by atoms with Gasteiger partial charge in [0.15, 0.2) is 0 Å². The molecule has 1 aromatic heterocycles. The van der Waals surface area contributed by atoms with Crippen molar-refractivity contribution in [3.05, 3.63) is 62.0 Å². The second-order valence-corrected chi connectivity index (χ2v) is 5.34. The van der Waals surface area contributed by atoms with Crippen LogP contribution in [0.1, 0.15) is 16.7 Å². The Kier molecular flexibility index (Phi) is 4.26. The normalized spacial score (nSPS) is 10.1. The minimum Gasteiger partial charge on any atom is -0.495 e. The van der Waals surface area contributed by atoms with Crippen molar-refractivity contribution >= 4 is 15.9 Å². The molecule has 4 nitrogen and oxygen atoms in total. The highest BCUT2D eigenvalue weighted by atomic mass is 79.9. The third-order valence-electron chi connectivity index (χ3n) is 2.97. The Hall–Kier alpha value is -2.06. The number of hydrogen-bond donors (Lipinski definition) is 0. The van der Waals surface area contributed by atoms with E-state index in [1.807, 2.05) is 6.07 Å². The van der Waals surface area contributed by atoms with Gasteiger partial charge in [0, 0.05) is 16.2 Å². The Morgan fingerprint density at radius 2 is 2.15 bits per heavy atom. The molecule has 5 heteroatoms. The van der Waals surface area contributed by atoms with Crippen molar-refractivity contribution in [1.29, 1.82) is 5.26 Å². The van der Waals surface area contributed by atoms with E-state index in [9.17, 15) is 4.79 Å². The van der Waals surface area contributed by atoms with Crippen LogP contribution in [0.15, 0.2) is 39.7 Å². The van der Waals surface area contributed by atoms with E-state index < -0.39 is 0 Å². The summed E-state index contributed by atoms with van der Waals surface area (Å²) in [6.45, 7) is 2.19. The number of aromatic nitrogens is 1. The van der Waals surface area contributed by atoms with E-state index >= 15 is 0 Å². The van der Waals surface area contributed by atoms with E-state index in [0.717, 1.165) is 10.0 Å². The zero-order chi connectivity index (χ0) is 14.7. The van der Waals surface area contributed by atoms with Crippen molar-refractivity contribution in [2.75, 3.05) is 7.11 Å². The van der Waals surface area contributed by atoms with Gasteiger partial charge < -0.3 is 9.30 Å². The zero-order valence-corrected chi connectivity index (χ0v) is 12.8. The van der Waals surface area contributed by atoms with E-state index in [1.165, 1.54) is 7.11 Å². The second-order valence-electron chi connectivity index (χ2n) is 4.42. The van der Waals surface area contributed by atoms with Crippen molar-refractivity contribution in [2.24, 2.45) is 0 Å². The number of methoxy groups -OCH3 is 1. The summed E-state index contributed by atoms with van der Waals surface area (Å²) in [7, 11) is 1.53. The molecule has 2 rings (SSSR count). The van der Waals surface area contributed by atoms with Crippen LogP contribution >= 0.6 is 15.9 Å². The molecule has 102 valence electrons. The lowest BCUT2D eigenvalue weighted by atomic mass is 10.1. The lowest BCUT2D eigenvalue weighted by molar-refractivity contribution is 0.413. The predicted molar refractivity (Wildman–Crippen MR) is 80.0 cm³/mol. The number of nitriles is 1. The molecule has 20 heavy (non-hydrogen) atoms. The zero-order valence-electron chi connectivity index (χ0n) is 11.2. The summed E-state index contributed by atoms with van der Waals surface area (Å²) in [6.07, 6.45) is 1.74. The largest absolute Gasteiger partial charge is 0.495 e. The molecule has 1 aromatic carbocycles. The van der Waals surface area contributed by atoms with Crippen LogP contribution < -0.4 is 10.3 Å². The summed E-state index contributed by atoms with van der Waals surface area (Å²) >= 11 is 3.38. The molecule has 0 amide bonds. The van der Waals surface area contributed by atoms with Gasteiger partial charge in [-0.25, -0.2) is 0 Å². The van der Waals surface area contributed by atoms with Gasteiger partial charge >= 0.3 is 0 Å². The Labute approximate surface area is 125 Å². The van der Waals surface area contributed by atoms with Crippen molar-refractivity contribution in [3.63, 3.8) is 0 Å². The molecule has 0 aliphatic heterocycles. The number of ether oxygens (including phenoxy) is 1. The average molecular weight is 333 g/mol. The average Bonchev–Trinajstić information content (AvgIpc) is 2.44. The molecule has 1 heterocycles. The van der Waals surface area contributed by atoms with Crippen molar-refractivity contribution in [2.45, 2.75) is 13.5 Å². The maximum absolute atomic E-state index is 12.1. The Balaban J connectivity index is 2.41. The maximum Gasteiger partial charge on any atom is 0.253 e. The van der Waals surface area contributed by atoms with Gasteiger partial charge in [0.1, 0.15) is 11.8 Å². The van der Waals surface area contributed by atoms with Crippen LogP contribution in [0.2, 0.25) is 0 Å². The molecule has 0 spiro atoms. The first-order valence-corrected chi connectivity index (χ1v) is 6.78. The Morgan fingerprint density at radius 1 is 1.40 bits per heavy atom. The molecule has 0 fully saturated rings. The summed E-state index contributed by atoms with van der Waals surface area (Å²) in [6, 6.07) is 9.20. The van der Waals surface area contributed by atoms with Gasteiger partial charge in [-0.05, 0) is 46.6 Å². The Bertz CT molecular complexity index is 745. The first kappa shape index (κ1) is 14.4. The molecular weight excluding hydrogens is 320 g/mol.